The van der Waals surface area contributed by atoms with Gasteiger partial charge in [0.05, 0.1) is 11.4 Å². The summed E-state index contributed by atoms with van der Waals surface area (Å²) < 4.78 is 6.08. The van der Waals surface area contributed by atoms with Gasteiger partial charge in [-0.3, -0.25) is 9.59 Å². The van der Waals surface area contributed by atoms with Gasteiger partial charge in [-0.05, 0) is 35.7 Å². The third kappa shape index (κ3) is 3.96. The molecular weight excluding hydrogens is 382 g/mol. The van der Waals surface area contributed by atoms with Crippen LogP contribution in [-0.4, -0.2) is 41.2 Å². The van der Waals surface area contributed by atoms with Gasteiger partial charge in [0.2, 0.25) is 11.8 Å². The lowest BCUT2D eigenvalue weighted by Gasteiger charge is -2.28. The lowest BCUT2D eigenvalue weighted by atomic mass is 10.2. The van der Waals surface area contributed by atoms with Crippen molar-refractivity contribution in [3.63, 3.8) is 0 Å². The van der Waals surface area contributed by atoms with Crippen LogP contribution >= 0.6 is 11.3 Å². The first-order valence-electron chi connectivity index (χ1n) is 8.62. The Morgan fingerprint density at radius 2 is 2.07 bits per heavy atom. The number of hydrogen-bond donors (Lipinski definition) is 2. The minimum absolute atomic E-state index is 0.0106. The fourth-order valence-electron chi connectivity index (χ4n) is 2.86. The summed E-state index contributed by atoms with van der Waals surface area (Å²) in [5, 5.41) is 11.4. The molecule has 0 atom stereocenters. The first-order chi connectivity index (χ1) is 13.6. The van der Waals surface area contributed by atoms with E-state index in [1.165, 1.54) is 11.3 Å². The topological polar surface area (TPSA) is 109 Å². The van der Waals surface area contributed by atoms with E-state index >= 15 is 0 Å². The molecule has 1 aromatic carbocycles. The van der Waals surface area contributed by atoms with Gasteiger partial charge < -0.3 is 20.0 Å². The number of nitrogens with zero attached hydrogens (tertiary/aromatic N) is 3. The van der Waals surface area contributed by atoms with Crippen molar-refractivity contribution >= 4 is 34.5 Å². The number of amides is 2. The molecule has 144 valence electrons. The summed E-state index contributed by atoms with van der Waals surface area (Å²) in [6, 6.07) is 10.8. The fraction of sp³-hybridized carbons (Fsp3) is 0.222. The van der Waals surface area contributed by atoms with Crippen molar-refractivity contribution < 1.29 is 14.0 Å². The van der Waals surface area contributed by atoms with Crippen LogP contribution in [0.5, 0.6) is 0 Å². The molecule has 3 heterocycles. The molecule has 2 aromatic heterocycles. The van der Waals surface area contributed by atoms with Crippen molar-refractivity contribution in [2.45, 2.75) is 6.54 Å². The number of anilines is 2. The summed E-state index contributed by atoms with van der Waals surface area (Å²) in [6.07, 6.45) is 0. The second-order valence-corrected chi connectivity index (χ2v) is 7.12. The standard InChI is InChI=1S/C18H17N5O4S/c24-15-10-22(8-7-19-15)13-5-3-12(4-6-13)20-16(25)11-23-18(26)27-17(21-23)14-2-1-9-28-14/h1-6,9H,7-8,10-11H2,(H,19,24)(H,20,25). The largest absolute Gasteiger partial charge is 0.437 e. The van der Waals surface area contributed by atoms with E-state index in [-0.39, 0.29) is 18.3 Å². The summed E-state index contributed by atoms with van der Waals surface area (Å²) in [4.78, 5) is 38.3. The molecule has 28 heavy (non-hydrogen) atoms. The first-order valence-corrected chi connectivity index (χ1v) is 9.50. The number of carbonyl (C=O) groups is 2. The van der Waals surface area contributed by atoms with Crippen LogP contribution in [0.4, 0.5) is 11.4 Å². The summed E-state index contributed by atoms with van der Waals surface area (Å²) in [5.41, 5.74) is 1.49. The second-order valence-electron chi connectivity index (χ2n) is 6.17. The highest BCUT2D eigenvalue weighted by Gasteiger charge is 2.17. The van der Waals surface area contributed by atoms with Crippen molar-refractivity contribution in [2.24, 2.45) is 0 Å². The Balaban J connectivity index is 1.39. The fourth-order valence-corrected chi connectivity index (χ4v) is 3.50. The van der Waals surface area contributed by atoms with Crippen LogP contribution in [0.3, 0.4) is 0 Å². The zero-order valence-corrected chi connectivity index (χ0v) is 15.6. The minimum atomic E-state index is -0.683. The average molecular weight is 399 g/mol. The Morgan fingerprint density at radius 3 is 2.79 bits per heavy atom. The summed E-state index contributed by atoms with van der Waals surface area (Å²) >= 11 is 1.39. The molecule has 0 bridgehead atoms. The van der Waals surface area contributed by atoms with Crippen molar-refractivity contribution in [1.29, 1.82) is 0 Å². The molecule has 1 aliphatic heterocycles. The minimum Gasteiger partial charge on any atom is -0.387 e. The number of carbonyl (C=O) groups excluding carboxylic acids is 2. The summed E-state index contributed by atoms with van der Waals surface area (Å²) in [7, 11) is 0. The van der Waals surface area contributed by atoms with Gasteiger partial charge in [0.25, 0.3) is 5.89 Å². The quantitative estimate of drug-likeness (QED) is 0.666. The van der Waals surface area contributed by atoms with Crippen LogP contribution in [0.25, 0.3) is 10.8 Å². The van der Waals surface area contributed by atoms with Gasteiger partial charge in [-0.25, -0.2) is 4.79 Å². The van der Waals surface area contributed by atoms with E-state index in [2.05, 4.69) is 15.7 Å². The predicted molar refractivity (Wildman–Crippen MR) is 104 cm³/mol. The second kappa shape index (κ2) is 7.69. The molecule has 3 aromatic rings. The van der Waals surface area contributed by atoms with E-state index in [1.54, 1.807) is 18.2 Å². The maximum absolute atomic E-state index is 12.2. The zero-order valence-electron chi connectivity index (χ0n) is 14.8. The Hall–Kier alpha value is -3.40. The Bertz CT molecular complexity index is 1040. The molecule has 1 fully saturated rings. The molecule has 2 N–H and O–H groups in total. The first kappa shape index (κ1) is 18.0. The molecule has 0 spiro atoms. The molecule has 0 unspecified atom stereocenters. The zero-order chi connectivity index (χ0) is 19.5. The van der Waals surface area contributed by atoms with E-state index in [1.807, 2.05) is 28.5 Å². The van der Waals surface area contributed by atoms with Gasteiger partial charge in [0.1, 0.15) is 6.54 Å². The third-order valence-corrected chi connectivity index (χ3v) is 5.04. The molecular formula is C18H17N5O4S. The number of thiophene rings is 1. The van der Waals surface area contributed by atoms with Gasteiger partial charge in [-0.15, -0.1) is 16.4 Å². The number of nitrogens with one attached hydrogen (secondary N) is 2. The number of benzene rings is 1. The SMILES string of the molecule is O=C1CN(c2ccc(NC(=O)Cn3nc(-c4cccs4)oc3=O)cc2)CCN1. The Labute approximate surface area is 163 Å². The highest BCUT2D eigenvalue weighted by Crippen LogP contribution is 2.21. The predicted octanol–water partition coefficient (Wildman–Crippen LogP) is 1.14. The van der Waals surface area contributed by atoms with Crippen molar-refractivity contribution in [2.75, 3.05) is 29.9 Å². The van der Waals surface area contributed by atoms with Gasteiger partial charge in [-0.2, -0.15) is 4.68 Å². The number of piperazine rings is 1. The van der Waals surface area contributed by atoms with Crippen molar-refractivity contribution in [3.05, 3.63) is 52.3 Å². The molecule has 0 radical (unpaired) electrons. The summed E-state index contributed by atoms with van der Waals surface area (Å²) in [5.74, 6) is -0.887. The van der Waals surface area contributed by atoms with Gasteiger partial charge >= 0.3 is 5.76 Å². The molecule has 10 heteroatoms. The summed E-state index contributed by atoms with van der Waals surface area (Å²) in [6.45, 7) is 1.41. The van der Waals surface area contributed by atoms with E-state index in [4.69, 9.17) is 4.42 Å². The van der Waals surface area contributed by atoms with Crippen LogP contribution in [-0.2, 0) is 16.1 Å². The number of aromatic nitrogens is 2. The molecule has 1 aliphatic rings. The van der Waals surface area contributed by atoms with Crippen LogP contribution < -0.4 is 21.3 Å². The van der Waals surface area contributed by atoms with E-state index in [0.29, 0.717) is 18.8 Å². The Morgan fingerprint density at radius 1 is 1.25 bits per heavy atom. The highest BCUT2D eigenvalue weighted by atomic mass is 32.1. The van der Waals surface area contributed by atoms with Crippen LogP contribution in [0.15, 0.2) is 51.0 Å². The third-order valence-electron chi connectivity index (χ3n) is 4.19. The lowest BCUT2D eigenvalue weighted by molar-refractivity contribution is -0.120. The Kier molecular flexibility index (Phi) is 4.94. The van der Waals surface area contributed by atoms with Gasteiger partial charge in [-0.1, -0.05) is 6.07 Å². The monoisotopic (exact) mass is 399 g/mol. The van der Waals surface area contributed by atoms with Crippen LogP contribution in [0, 0.1) is 0 Å². The normalized spacial score (nSPS) is 14.0. The highest BCUT2D eigenvalue weighted by molar-refractivity contribution is 7.13. The maximum Gasteiger partial charge on any atom is 0.437 e. The van der Waals surface area contributed by atoms with Crippen LogP contribution in [0.2, 0.25) is 0 Å². The number of rotatable bonds is 5. The average Bonchev–Trinajstić information content (AvgIpc) is 3.33. The van der Waals surface area contributed by atoms with E-state index < -0.39 is 11.7 Å². The molecule has 4 rings (SSSR count). The van der Waals surface area contributed by atoms with Gasteiger partial charge in [0.15, 0.2) is 0 Å². The molecule has 9 nitrogen and oxygen atoms in total. The molecule has 0 saturated carbocycles. The lowest BCUT2D eigenvalue weighted by Crippen LogP contribution is -2.47. The maximum atomic E-state index is 12.2. The van der Waals surface area contributed by atoms with Crippen molar-refractivity contribution in [3.8, 4) is 10.8 Å². The molecule has 2 amide bonds. The van der Waals surface area contributed by atoms with Crippen LogP contribution in [0.1, 0.15) is 0 Å². The van der Waals surface area contributed by atoms with Gasteiger partial charge in [0, 0.05) is 24.5 Å². The smallest absolute Gasteiger partial charge is 0.387 e. The molecule has 1 saturated heterocycles. The number of hydrogen-bond acceptors (Lipinski definition) is 7. The molecule has 0 aliphatic carbocycles. The van der Waals surface area contributed by atoms with E-state index in [9.17, 15) is 14.4 Å². The van der Waals surface area contributed by atoms with E-state index in [0.717, 1.165) is 21.8 Å². The van der Waals surface area contributed by atoms with Crippen molar-refractivity contribution in [1.82, 2.24) is 15.1 Å².